The number of rotatable bonds is 11. The van der Waals surface area contributed by atoms with Crippen LogP contribution in [0.5, 0.6) is 0 Å². The number of hydrogen-bond acceptors (Lipinski definition) is 5. The van der Waals surface area contributed by atoms with E-state index in [0.717, 1.165) is 19.4 Å². The van der Waals surface area contributed by atoms with Crippen molar-refractivity contribution in [2.24, 2.45) is 5.73 Å². The van der Waals surface area contributed by atoms with E-state index < -0.39 is 0 Å². The fourth-order valence-electron chi connectivity index (χ4n) is 1.60. The van der Waals surface area contributed by atoms with Crippen molar-refractivity contribution in [1.82, 2.24) is 14.9 Å². The fraction of sp³-hybridized carbons (Fsp3) is 0.692. The maximum atomic E-state index is 10.9. The van der Waals surface area contributed by atoms with Crippen molar-refractivity contribution >= 4 is 5.91 Å². The number of hydrogen-bond donors (Lipinski definition) is 2. The minimum Gasteiger partial charge on any atom is -0.380 e. The van der Waals surface area contributed by atoms with Crippen molar-refractivity contribution in [1.29, 1.82) is 0 Å². The van der Waals surface area contributed by atoms with Crippen molar-refractivity contribution in [2.75, 3.05) is 33.5 Å². The van der Waals surface area contributed by atoms with Gasteiger partial charge in [-0.15, -0.1) is 0 Å². The molecule has 1 unspecified atom stereocenters. The second kappa shape index (κ2) is 10.4. The molecule has 0 fully saturated rings. The summed E-state index contributed by atoms with van der Waals surface area (Å²) in [6.07, 6.45) is 7.12. The first kappa shape index (κ1) is 16.6. The smallest absolute Gasteiger partial charge is 0.245 e. The topological polar surface area (TPSA) is 91.4 Å². The van der Waals surface area contributed by atoms with Gasteiger partial charge in [0.1, 0.15) is 6.61 Å². The summed E-state index contributed by atoms with van der Waals surface area (Å²) in [6, 6.07) is -0.0584. The van der Waals surface area contributed by atoms with Gasteiger partial charge in [-0.25, -0.2) is 4.98 Å². The zero-order valence-electron chi connectivity index (χ0n) is 12.0. The molecule has 1 atom stereocenters. The van der Waals surface area contributed by atoms with Crippen molar-refractivity contribution in [3.63, 3.8) is 0 Å². The number of amides is 1. The molecule has 1 aromatic heterocycles. The van der Waals surface area contributed by atoms with Crippen LogP contribution >= 0.6 is 0 Å². The molecule has 0 aliphatic rings. The third-order valence-corrected chi connectivity index (χ3v) is 2.76. The first-order chi connectivity index (χ1) is 9.72. The number of likely N-dealkylation sites (N-methyl/N-ethyl adjacent to an activating group) is 1. The van der Waals surface area contributed by atoms with E-state index in [1.165, 1.54) is 0 Å². The average Bonchev–Trinajstić information content (AvgIpc) is 2.95. The van der Waals surface area contributed by atoms with E-state index in [1.807, 2.05) is 10.8 Å². The average molecular weight is 284 g/mol. The van der Waals surface area contributed by atoms with Gasteiger partial charge < -0.3 is 25.1 Å². The zero-order chi connectivity index (χ0) is 14.6. The van der Waals surface area contributed by atoms with Gasteiger partial charge in [0.05, 0.1) is 19.5 Å². The lowest BCUT2D eigenvalue weighted by molar-refractivity contribution is -0.125. The number of nitrogens with zero attached hydrogens (tertiary/aromatic N) is 2. The predicted molar refractivity (Wildman–Crippen MR) is 75.1 cm³/mol. The third-order valence-electron chi connectivity index (χ3n) is 2.76. The number of nitrogens with two attached hydrogens (primary N) is 1. The summed E-state index contributed by atoms with van der Waals surface area (Å²) in [7, 11) is 1.58. The highest BCUT2D eigenvalue weighted by Crippen LogP contribution is 1.97. The zero-order valence-corrected chi connectivity index (χ0v) is 12.0. The molecule has 114 valence electrons. The first-order valence-corrected chi connectivity index (χ1v) is 6.79. The van der Waals surface area contributed by atoms with E-state index in [4.69, 9.17) is 15.2 Å². The van der Waals surface area contributed by atoms with E-state index in [0.29, 0.717) is 19.8 Å². The van der Waals surface area contributed by atoms with Gasteiger partial charge in [0, 0.05) is 38.6 Å². The molecule has 7 nitrogen and oxygen atoms in total. The lowest BCUT2D eigenvalue weighted by Crippen LogP contribution is -2.30. The van der Waals surface area contributed by atoms with Gasteiger partial charge in [-0.05, 0) is 12.8 Å². The Morgan fingerprint density at radius 3 is 3.00 bits per heavy atom. The summed E-state index contributed by atoms with van der Waals surface area (Å²) in [4.78, 5) is 14.9. The number of ether oxygens (including phenoxy) is 2. The fourth-order valence-corrected chi connectivity index (χ4v) is 1.60. The van der Waals surface area contributed by atoms with Gasteiger partial charge in [-0.2, -0.15) is 0 Å². The van der Waals surface area contributed by atoms with Crippen molar-refractivity contribution in [2.45, 2.75) is 25.4 Å². The molecule has 0 aliphatic heterocycles. The molecule has 1 aromatic rings. The van der Waals surface area contributed by atoms with Gasteiger partial charge in [-0.1, -0.05) is 0 Å². The summed E-state index contributed by atoms with van der Waals surface area (Å²) in [5.74, 6) is -0.139. The molecule has 0 bridgehead atoms. The van der Waals surface area contributed by atoms with E-state index in [9.17, 15) is 4.79 Å². The van der Waals surface area contributed by atoms with E-state index >= 15 is 0 Å². The number of aromatic nitrogens is 2. The van der Waals surface area contributed by atoms with Crippen LogP contribution < -0.4 is 11.1 Å². The molecule has 0 saturated heterocycles. The van der Waals surface area contributed by atoms with Crippen LogP contribution in [0.1, 0.15) is 12.8 Å². The van der Waals surface area contributed by atoms with Crippen LogP contribution in [0.15, 0.2) is 18.7 Å². The number of imidazole rings is 1. The van der Waals surface area contributed by atoms with Gasteiger partial charge >= 0.3 is 0 Å². The highest BCUT2D eigenvalue weighted by atomic mass is 16.5. The number of carbonyl (C=O) groups excluding carboxylic acids is 1. The normalized spacial score (nSPS) is 12.3. The highest BCUT2D eigenvalue weighted by Gasteiger charge is 2.04. The Morgan fingerprint density at radius 2 is 2.30 bits per heavy atom. The molecule has 0 spiro atoms. The number of nitrogens with one attached hydrogen (secondary N) is 1. The Hall–Kier alpha value is -1.44. The largest absolute Gasteiger partial charge is 0.380 e. The number of carbonyl (C=O) groups is 1. The lowest BCUT2D eigenvalue weighted by Gasteiger charge is -2.12. The van der Waals surface area contributed by atoms with Crippen molar-refractivity contribution in [3.8, 4) is 0 Å². The molecule has 7 heteroatoms. The SMILES string of the molecule is CNC(=O)COCC(N)CCCOCCn1ccnc1. The summed E-state index contributed by atoms with van der Waals surface area (Å²) < 4.78 is 12.7. The Balaban J connectivity index is 1.88. The van der Waals surface area contributed by atoms with Gasteiger partial charge in [-0.3, -0.25) is 4.79 Å². The molecule has 0 radical (unpaired) electrons. The predicted octanol–water partition coefficient (Wildman–Crippen LogP) is -0.230. The molecule has 0 aliphatic carbocycles. The maximum Gasteiger partial charge on any atom is 0.245 e. The maximum absolute atomic E-state index is 10.9. The Labute approximate surface area is 119 Å². The molecule has 1 heterocycles. The van der Waals surface area contributed by atoms with Crippen LogP contribution in [0.2, 0.25) is 0 Å². The Morgan fingerprint density at radius 1 is 1.45 bits per heavy atom. The minimum atomic E-state index is -0.139. The summed E-state index contributed by atoms with van der Waals surface area (Å²) >= 11 is 0. The van der Waals surface area contributed by atoms with Crippen LogP contribution in [-0.4, -0.2) is 55.0 Å². The van der Waals surface area contributed by atoms with E-state index in [-0.39, 0.29) is 18.6 Å². The quantitative estimate of drug-likeness (QED) is 0.548. The van der Waals surface area contributed by atoms with Crippen LogP contribution in [0.25, 0.3) is 0 Å². The van der Waals surface area contributed by atoms with Crippen molar-refractivity contribution < 1.29 is 14.3 Å². The second-order valence-electron chi connectivity index (χ2n) is 4.50. The minimum absolute atomic E-state index is 0.0584. The Kier molecular flexibility index (Phi) is 8.61. The third kappa shape index (κ3) is 7.88. The monoisotopic (exact) mass is 284 g/mol. The standard InChI is InChI=1S/C13H24N4O3/c1-15-13(18)10-20-9-12(14)3-2-7-19-8-6-17-5-4-16-11-17/h4-5,11-12H,2-3,6-10,14H2,1H3,(H,15,18). The summed E-state index contributed by atoms with van der Waals surface area (Å²) in [5, 5.41) is 2.49. The molecule has 3 N–H and O–H groups in total. The van der Waals surface area contributed by atoms with Gasteiger partial charge in [0.2, 0.25) is 5.91 Å². The molecule has 1 rings (SSSR count). The van der Waals surface area contributed by atoms with Crippen LogP contribution in [-0.2, 0) is 20.8 Å². The van der Waals surface area contributed by atoms with E-state index in [2.05, 4.69) is 10.3 Å². The van der Waals surface area contributed by atoms with Gasteiger partial charge in [0.25, 0.3) is 0 Å². The summed E-state index contributed by atoms with van der Waals surface area (Å²) in [6.45, 7) is 2.60. The molecular weight excluding hydrogens is 260 g/mol. The highest BCUT2D eigenvalue weighted by molar-refractivity contribution is 5.76. The van der Waals surface area contributed by atoms with Crippen LogP contribution in [0.4, 0.5) is 0 Å². The summed E-state index contributed by atoms with van der Waals surface area (Å²) in [5.41, 5.74) is 5.87. The van der Waals surface area contributed by atoms with Crippen LogP contribution in [0.3, 0.4) is 0 Å². The lowest BCUT2D eigenvalue weighted by atomic mass is 10.2. The van der Waals surface area contributed by atoms with Gasteiger partial charge in [0.15, 0.2) is 0 Å². The Bertz CT molecular complexity index is 357. The molecule has 0 aromatic carbocycles. The van der Waals surface area contributed by atoms with Crippen LogP contribution in [0, 0.1) is 0 Å². The molecule has 0 saturated carbocycles. The molecule has 1 amide bonds. The van der Waals surface area contributed by atoms with E-state index in [1.54, 1.807) is 19.6 Å². The van der Waals surface area contributed by atoms with Crippen molar-refractivity contribution in [3.05, 3.63) is 18.7 Å². The second-order valence-corrected chi connectivity index (χ2v) is 4.50. The molecule has 20 heavy (non-hydrogen) atoms. The first-order valence-electron chi connectivity index (χ1n) is 6.79. The molecular formula is C13H24N4O3.